The minimum atomic E-state index is -1.46. The van der Waals surface area contributed by atoms with Crippen molar-refractivity contribution in [3.05, 3.63) is 23.3 Å². The van der Waals surface area contributed by atoms with Crippen LogP contribution in [0.3, 0.4) is 0 Å². The molecule has 2 aromatic heterocycles. The van der Waals surface area contributed by atoms with E-state index in [0.29, 0.717) is 25.9 Å². The Morgan fingerprint density at radius 3 is 2.93 bits per heavy atom. The molecular weight excluding hydrogens is 356 g/mol. The van der Waals surface area contributed by atoms with Crippen molar-refractivity contribution in [3.63, 3.8) is 0 Å². The predicted octanol–water partition coefficient (Wildman–Crippen LogP) is 2.30. The Morgan fingerprint density at radius 1 is 1.52 bits per heavy atom. The number of halogens is 2. The normalized spacial score (nSPS) is 25.6. The molecule has 27 heavy (non-hydrogen) atoms. The first-order chi connectivity index (χ1) is 12.9. The fourth-order valence-electron chi connectivity index (χ4n) is 3.85. The Bertz CT molecular complexity index is 905. The lowest BCUT2D eigenvalue weighted by molar-refractivity contribution is -0.0136. The van der Waals surface area contributed by atoms with Gasteiger partial charge in [0.1, 0.15) is 22.8 Å². The van der Waals surface area contributed by atoms with E-state index in [-0.39, 0.29) is 35.4 Å². The van der Waals surface area contributed by atoms with Crippen LogP contribution in [-0.4, -0.2) is 50.7 Å². The highest BCUT2D eigenvalue weighted by molar-refractivity contribution is 5.59. The zero-order valence-electron chi connectivity index (χ0n) is 15.0. The molecule has 2 aromatic rings. The van der Waals surface area contributed by atoms with Gasteiger partial charge in [0, 0.05) is 12.5 Å². The minimum absolute atomic E-state index is 0.0365. The smallest absolute Gasteiger partial charge is 0.241 e. The van der Waals surface area contributed by atoms with Crippen molar-refractivity contribution in [1.29, 1.82) is 5.26 Å². The van der Waals surface area contributed by atoms with E-state index in [4.69, 9.17) is 4.74 Å². The van der Waals surface area contributed by atoms with Crippen LogP contribution >= 0.6 is 0 Å². The lowest BCUT2D eigenvalue weighted by Gasteiger charge is -2.39. The Morgan fingerprint density at radius 2 is 2.30 bits per heavy atom. The number of aliphatic hydroxyl groups is 1. The van der Waals surface area contributed by atoms with Crippen LogP contribution < -0.4 is 5.32 Å². The first-order valence-electron chi connectivity index (χ1n) is 9.13. The first kappa shape index (κ1) is 18.1. The van der Waals surface area contributed by atoms with Crippen LogP contribution in [0.15, 0.2) is 6.20 Å². The van der Waals surface area contributed by atoms with Crippen LogP contribution in [0.2, 0.25) is 0 Å². The van der Waals surface area contributed by atoms with Crippen molar-refractivity contribution >= 4 is 11.5 Å². The first-order valence-corrected chi connectivity index (χ1v) is 9.13. The van der Waals surface area contributed by atoms with Crippen LogP contribution in [0.1, 0.15) is 49.8 Å². The molecule has 3 atom stereocenters. The van der Waals surface area contributed by atoms with Crippen molar-refractivity contribution in [1.82, 2.24) is 14.6 Å². The molecule has 0 radical (unpaired) electrons. The predicted molar refractivity (Wildman–Crippen MR) is 92.6 cm³/mol. The van der Waals surface area contributed by atoms with E-state index in [1.807, 2.05) is 6.07 Å². The largest absolute Gasteiger partial charge is 0.389 e. The van der Waals surface area contributed by atoms with Crippen molar-refractivity contribution in [2.45, 2.75) is 56.3 Å². The lowest BCUT2D eigenvalue weighted by Crippen LogP contribution is -2.42. The van der Waals surface area contributed by atoms with Gasteiger partial charge in [0.15, 0.2) is 5.82 Å². The van der Waals surface area contributed by atoms with Crippen molar-refractivity contribution < 1.29 is 18.6 Å². The summed E-state index contributed by atoms with van der Waals surface area (Å²) < 4.78 is 36.2. The average Bonchev–Trinajstić information content (AvgIpc) is 2.92. The number of aliphatic hydroxyl groups excluding tert-OH is 1. The fourth-order valence-corrected chi connectivity index (χ4v) is 3.85. The molecule has 0 aromatic carbocycles. The van der Waals surface area contributed by atoms with Gasteiger partial charge in [0.05, 0.1) is 30.6 Å². The molecule has 4 rings (SSSR count). The molecule has 1 unspecified atom stereocenters. The second kappa shape index (κ2) is 6.69. The van der Waals surface area contributed by atoms with Crippen LogP contribution in [0.4, 0.5) is 14.7 Å². The lowest BCUT2D eigenvalue weighted by atomic mass is 9.72. The van der Waals surface area contributed by atoms with Gasteiger partial charge in [-0.05, 0) is 25.7 Å². The molecule has 0 bridgehead atoms. The Labute approximate surface area is 155 Å². The molecule has 2 aliphatic rings. The molecular formula is C18H21F2N5O2. The Kier molecular flexibility index (Phi) is 4.48. The van der Waals surface area contributed by atoms with E-state index in [1.54, 1.807) is 6.92 Å². The summed E-state index contributed by atoms with van der Waals surface area (Å²) in [6, 6.07) is 1.56. The monoisotopic (exact) mass is 377 g/mol. The number of nitrogens with one attached hydrogen (secondary N) is 1. The van der Waals surface area contributed by atoms with E-state index in [1.165, 1.54) is 10.7 Å². The van der Waals surface area contributed by atoms with Gasteiger partial charge in [-0.25, -0.2) is 18.3 Å². The molecule has 1 saturated heterocycles. The topological polar surface area (TPSA) is 95.5 Å². The van der Waals surface area contributed by atoms with Gasteiger partial charge in [-0.3, -0.25) is 0 Å². The molecule has 0 amide bonds. The Hall–Kier alpha value is -2.31. The molecule has 1 aliphatic heterocycles. The maximum Gasteiger partial charge on any atom is 0.241 e. The standard InChI is InChI=1S/C18H21F2N5O2/c1-10(18(20)4-2-5-18)16-11(7-21)15(19)13-8-22-17(24-25(13)16)23-12-3-6-27-9-14(12)26/h8,10,12,14,26H,2-6,9H2,1H3,(H,23,24)/t10?,12-,14-/m1/s1. The van der Waals surface area contributed by atoms with E-state index in [9.17, 15) is 14.8 Å². The van der Waals surface area contributed by atoms with Gasteiger partial charge in [-0.15, -0.1) is 5.10 Å². The van der Waals surface area contributed by atoms with E-state index in [0.717, 1.165) is 6.42 Å². The van der Waals surface area contributed by atoms with E-state index in [2.05, 4.69) is 15.4 Å². The minimum Gasteiger partial charge on any atom is -0.389 e. The highest BCUT2D eigenvalue weighted by Crippen LogP contribution is 2.47. The van der Waals surface area contributed by atoms with Crippen molar-refractivity contribution in [3.8, 4) is 6.07 Å². The summed E-state index contributed by atoms with van der Waals surface area (Å²) in [5, 5.41) is 26.8. The number of rotatable bonds is 4. The van der Waals surface area contributed by atoms with Crippen LogP contribution in [0.5, 0.6) is 0 Å². The number of fused-ring (bicyclic) bond motifs is 1. The summed E-state index contributed by atoms with van der Waals surface area (Å²) in [5.41, 5.74) is -1.38. The molecule has 2 N–H and O–H groups in total. The second-order valence-corrected chi connectivity index (χ2v) is 7.36. The maximum absolute atomic E-state index is 15.0. The summed E-state index contributed by atoms with van der Waals surface area (Å²) >= 11 is 0. The third-order valence-electron chi connectivity index (χ3n) is 5.78. The molecule has 1 aliphatic carbocycles. The highest BCUT2D eigenvalue weighted by atomic mass is 19.1. The van der Waals surface area contributed by atoms with Crippen LogP contribution in [-0.2, 0) is 4.74 Å². The van der Waals surface area contributed by atoms with Crippen molar-refractivity contribution in [2.75, 3.05) is 18.5 Å². The molecule has 0 spiro atoms. The summed E-state index contributed by atoms with van der Waals surface area (Å²) in [6.45, 7) is 2.38. The highest BCUT2D eigenvalue weighted by Gasteiger charge is 2.45. The van der Waals surface area contributed by atoms with Crippen LogP contribution in [0, 0.1) is 17.1 Å². The number of aromatic nitrogens is 3. The molecule has 2 fully saturated rings. The zero-order chi connectivity index (χ0) is 19.2. The van der Waals surface area contributed by atoms with Gasteiger partial charge in [0.2, 0.25) is 5.95 Å². The quantitative estimate of drug-likeness (QED) is 0.849. The maximum atomic E-state index is 15.0. The van der Waals surface area contributed by atoms with E-state index >= 15 is 4.39 Å². The fraction of sp³-hybridized carbons (Fsp3) is 0.611. The average molecular weight is 377 g/mol. The molecule has 1 saturated carbocycles. The number of hydrogen-bond acceptors (Lipinski definition) is 6. The summed E-state index contributed by atoms with van der Waals surface area (Å²) in [6.07, 6.45) is 2.69. The summed E-state index contributed by atoms with van der Waals surface area (Å²) in [7, 11) is 0. The third-order valence-corrected chi connectivity index (χ3v) is 5.78. The molecule has 144 valence electrons. The SMILES string of the molecule is CC(c1c(C#N)c(F)c2cnc(N[C@@H]3CCOC[C@H]3O)nn12)C1(F)CCC1. The Balaban J connectivity index is 1.75. The van der Waals surface area contributed by atoms with Gasteiger partial charge >= 0.3 is 0 Å². The number of ether oxygens (including phenoxy) is 1. The van der Waals surface area contributed by atoms with Gasteiger partial charge in [-0.1, -0.05) is 6.92 Å². The zero-order valence-corrected chi connectivity index (χ0v) is 15.0. The van der Waals surface area contributed by atoms with Gasteiger partial charge in [-0.2, -0.15) is 5.26 Å². The third kappa shape index (κ3) is 2.93. The number of nitrogens with zero attached hydrogens (tertiary/aromatic N) is 4. The van der Waals surface area contributed by atoms with Gasteiger partial charge < -0.3 is 15.2 Å². The van der Waals surface area contributed by atoms with Gasteiger partial charge in [0.25, 0.3) is 0 Å². The number of nitriles is 1. The van der Waals surface area contributed by atoms with Crippen molar-refractivity contribution in [2.24, 2.45) is 0 Å². The number of anilines is 1. The molecule has 3 heterocycles. The van der Waals surface area contributed by atoms with Crippen LogP contribution in [0.25, 0.3) is 5.52 Å². The second-order valence-electron chi connectivity index (χ2n) is 7.36. The number of hydrogen-bond donors (Lipinski definition) is 2. The summed E-state index contributed by atoms with van der Waals surface area (Å²) in [5.74, 6) is -1.22. The van der Waals surface area contributed by atoms with E-state index < -0.39 is 23.5 Å². The summed E-state index contributed by atoms with van der Waals surface area (Å²) in [4.78, 5) is 4.10. The number of alkyl halides is 1. The molecule has 9 heteroatoms. The molecule has 7 nitrogen and oxygen atoms in total.